The molecule has 1 atom stereocenters. The fourth-order valence-corrected chi connectivity index (χ4v) is 5.16. The van der Waals surface area contributed by atoms with Gasteiger partial charge in [0.05, 0.1) is 30.2 Å². The highest BCUT2D eigenvalue weighted by Crippen LogP contribution is 2.42. The van der Waals surface area contributed by atoms with E-state index in [1.54, 1.807) is 29.2 Å². The second kappa shape index (κ2) is 8.33. The SMILES string of the molecule is O=C1CCC(N2C(=O)c3cccc4c(Oc5cnn(C6CCN(C(=O)O)CC6)c5)cnc2c34)C(=O)N1. The maximum absolute atomic E-state index is 13.2. The monoisotopic (exact) mass is 490 g/mol. The van der Waals surface area contributed by atoms with Crippen LogP contribution in [-0.4, -0.2) is 67.7 Å². The number of likely N-dealkylation sites (tertiary alicyclic amines) is 1. The van der Waals surface area contributed by atoms with Crippen molar-refractivity contribution in [1.29, 1.82) is 0 Å². The van der Waals surface area contributed by atoms with Crippen molar-refractivity contribution in [3.8, 4) is 11.5 Å². The van der Waals surface area contributed by atoms with Gasteiger partial charge in [0, 0.05) is 30.3 Å². The number of rotatable bonds is 4. The van der Waals surface area contributed by atoms with E-state index in [0.717, 1.165) is 0 Å². The van der Waals surface area contributed by atoms with Gasteiger partial charge >= 0.3 is 6.09 Å². The molecule has 0 saturated carbocycles. The third-order valence-electron chi connectivity index (χ3n) is 6.97. The minimum atomic E-state index is -0.910. The van der Waals surface area contributed by atoms with Gasteiger partial charge in [0.2, 0.25) is 11.8 Å². The first-order chi connectivity index (χ1) is 17.4. The van der Waals surface area contributed by atoms with Crippen LogP contribution >= 0.6 is 0 Å². The standard InChI is InChI=1S/C24H22N6O6/c31-19-5-4-17(22(32)27-19)30-21-20-15(2-1-3-16(20)23(30)33)18(11-25-21)36-14-10-26-29(12-14)13-6-8-28(9-7-13)24(34)35/h1-3,10-13,17H,4-9H2,(H,34,35)(H,27,31,32). The van der Waals surface area contributed by atoms with Gasteiger partial charge in [-0.3, -0.25) is 29.3 Å². The molecular formula is C24H22N6O6. The van der Waals surface area contributed by atoms with Crippen LogP contribution in [0.15, 0.2) is 36.8 Å². The molecule has 2 N–H and O–H groups in total. The number of nitrogens with one attached hydrogen (secondary N) is 1. The molecule has 4 amide bonds. The molecule has 12 heteroatoms. The molecule has 2 fully saturated rings. The number of nitrogens with zero attached hydrogens (tertiary/aromatic N) is 5. The lowest BCUT2D eigenvalue weighted by atomic mass is 10.0. The maximum atomic E-state index is 13.2. The number of anilines is 1. The van der Waals surface area contributed by atoms with Gasteiger partial charge in [0.15, 0.2) is 11.5 Å². The van der Waals surface area contributed by atoms with Crippen LogP contribution in [0.1, 0.15) is 42.1 Å². The van der Waals surface area contributed by atoms with Crippen molar-refractivity contribution < 1.29 is 29.0 Å². The molecule has 0 bridgehead atoms. The van der Waals surface area contributed by atoms with E-state index in [-0.39, 0.29) is 30.7 Å². The van der Waals surface area contributed by atoms with Gasteiger partial charge in [-0.2, -0.15) is 5.10 Å². The number of hydrogen-bond acceptors (Lipinski definition) is 7. The van der Waals surface area contributed by atoms with Crippen LogP contribution in [0, 0.1) is 0 Å². The number of carboxylic acid groups (broad SMARTS) is 1. The number of pyridine rings is 1. The summed E-state index contributed by atoms with van der Waals surface area (Å²) in [5.74, 6) is 0.0985. The number of ether oxygens (including phenoxy) is 1. The lowest BCUT2D eigenvalue weighted by molar-refractivity contribution is -0.134. The molecule has 36 heavy (non-hydrogen) atoms. The Morgan fingerprint density at radius 2 is 1.92 bits per heavy atom. The predicted molar refractivity (Wildman–Crippen MR) is 125 cm³/mol. The number of aromatic nitrogens is 3. The largest absolute Gasteiger partial charge is 0.465 e. The Balaban J connectivity index is 1.27. The minimum Gasteiger partial charge on any atom is -0.465 e. The summed E-state index contributed by atoms with van der Waals surface area (Å²) < 4.78 is 7.90. The van der Waals surface area contributed by atoms with Gasteiger partial charge in [0.1, 0.15) is 11.9 Å². The summed E-state index contributed by atoms with van der Waals surface area (Å²) in [5, 5.41) is 17.1. The smallest absolute Gasteiger partial charge is 0.407 e. The number of carbonyl (C=O) groups excluding carboxylic acids is 3. The Morgan fingerprint density at radius 3 is 2.67 bits per heavy atom. The quantitative estimate of drug-likeness (QED) is 0.530. The molecule has 184 valence electrons. The van der Waals surface area contributed by atoms with Crippen LogP contribution < -0.4 is 15.0 Å². The summed E-state index contributed by atoms with van der Waals surface area (Å²) >= 11 is 0. The van der Waals surface area contributed by atoms with E-state index in [1.807, 2.05) is 6.07 Å². The molecule has 6 rings (SSSR count). The van der Waals surface area contributed by atoms with Crippen molar-refractivity contribution >= 4 is 40.4 Å². The lowest BCUT2D eigenvalue weighted by Gasteiger charge is -2.29. The normalized spacial score (nSPS) is 20.2. The third-order valence-corrected chi connectivity index (χ3v) is 6.97. The molecular weight excluding hydrogens is 468 g/mol. The van der Waals surface area contributed by atoms with Crippen molar-refractivity contribution in [3.05, 3.63) is 42.4 Å². The van der Waals surface area contributed by atoms with Crippen molar-refractivity contribution in [3.63, 3.8) is 0 Å². The van der Waals surface area contributed by atoms with Crippen molar-refractivity contribution in [2.24, 2.45) is 0 Å². The molecule has 3 aliphatic rings. The van der Waals surface area contributed by atoms with Gasteiger partial charge in [-0.1, -0.05) is 12.1 Å². The zero-order valence-electron chi connectivity index (χ0n) is 19.1. The molecule has 0 radical (unpaired) electrons. The van der Waals surface area contributed by atoms with Crippen molar-refractivity contribution in [2.45, 2.75) is 37.8 Å². The average molecular weight is 490 g/mol. The van der Waals surface area contributed by atoms with E-state index in [0.29, 0.717) is 59.6 Å². The van der Waals surface area contributed by atoms with E-state index in [1.165, 1.54) is 16.0 Å². The fraction of sp³-hybridized carbons (Fsp3) is 0.333. The summed E-state index contributed by atoms with van der Waals surface area (Å²) in [6, 6.07) is 4.53. The van der Waals surface area contributed by atoms with Crippen molar-refractivity contribution in [1.82, 2.24) is 25.0 Å². The van der Waals surface area contributed by atoms with E-state index in [9.17, 15) is 19.2 Å². The van der Waals surface area contributed by atoms with Crippen LogP contribution in [0.4, 0.5) is 10.6 Å². The fourth-order valence-electron chi connectivity index (χ4n) is 5.16. The topological polar surface area (TPSA) is 147 Å². The van der Waals surface area contributed by atoms with E-state index < -0.39 is 18.0 Å². The first-order valence-corrected chi connectivity index (χ1v) is 11.7. The predicted octanol–water partition coefficient (Wildman–Crippen LogP) is 2.30. The number of amides is 4. The summed E-state index contributed by atoms with van der Waals surface area (Å²) in [5.41, 5.74) is 0.422. The Kier molecular flexibility index (Phi) is 5.09. The minimum absolute atomic E-state index is 0.0728. The van der Waals surface area contributed by atoms with Crippen LogP contribution in [0.2, 0.25) is 0 Å². The molecule has 0 aliphatic carbocycles. The molecule has 1 unspecified atom stereocenters. The molecule has 0 spiro atoms. The number of piperidine rings is 2. The van der Waals surface area contributed by atoms with Gasteiger partial charge in [-0.25, -0.2) is 9.78 Å². The average Bonchev–Trinajstić information content (AvgIpc) is 3.45. The maximum Gasteiger partial charge on any atom is 0.407 e. The number of carbonyl (C=O) groups is 4. The molecule has 1 aromatic carbocycles. The van der Waals surface area contributed by atoms with Crippen molar-refractivity contribution in [2.75, 3.05) is 18.0 Å². The molecule has 12 nitrogen and oxygen atoms in total. The highest BCUT2D eigenvalue weighted by Gasteiger charge is 2.42. The summed E-state index contributed by atoms with van der Waals surface area (Å²) in [6.45, 7) is 0.902. The Hall–Kier alpha value is -4.48. The first kappa shape index (κ1) is 22.0. The number of hydrogen-bond donors (Lipinski definition) is 2. The molecule has 3 aliphatic heterocycles. The zero-order chi connectivity index (χ0) is 25.0. The summed E-state index contributed by atoms with van der Waals surface area (Å²) in [7, 11) is 0. The van der Waals surface area contributed by atoms with Gasteiger partial charge in [-0.15, -0.1) is 0 Å². The highest BCUT2D eigenvalue weighted by molar-refractivity contribution is 6.26. The Bertz CT molecular complexity index is 1430. The summed E-state index contributed by atoms with van der Waals surface area (Å²) in [4.78, 5) is 55.7. The molecule has 3 aromatic rings. The van der Waals surface area contributed by atoms with Crippen LogP contribution in [0.5, 0.6) is 11.5 Å². The molecule has 2 aromatic heterocycles. The Labute approximate surface area is 204 Å². The van der Waals surface area contributed by atoms with Gasteiger partial charge < -0.3 is 14.7 Å². The van der Waals surface area contributed by atoms with E-state index >= 15 is 0 Å². The van der Waals surface area contributed by atoms with Gasteiger partial charge in [0.25, 0.3) is 5.91 Å². The second-order valence-corrected chi connectivity index (χ2v) is 9.08. The summed E-state index contributed by atoms with van der Waals surface area (Å²) in [6.07, 6.45) is 5.67. The van der Waals surface area contributed by atoms with E-state index in [2.05, 4.69) is 15.4 Å². The third kappa shape index (κ3) is 3.53. The van der Waals surface area contributed by atoms with Crippen LogP contribution in [-0.2, 0) is 9.59 Å². The highest BCUT2D eigenvalue weighted by atomic mass is 16.5. The number of imide groups is 1. The Morgan fingerprint density at radius 1 is 1.11 bits per heavy atom. The zero-order valence-corrected chi connectivity index (χ0v) is 19.1. The second-order valence-electron chi connectivity index (χ2n) is 9.08. The molecule has 2 saturated heterocycles. The van der Waals surface area contributed by atoms with E-state index in [4.69, 9.17) is 9.84 Å². The van der Waals surface area contributed by atoms with Crippen LogP contribution in [0.25, 0.3) is 10.8 Å². The van der Waals surface area contributed by atoms with Crippen LogP contribution in [0.3, 0.4) is 0 Å². The van der Waals surface area contributed by atoms with Gasteiger partial charge in [-0.05, 0) is 25.3 Å². The number of benzene rings is 1. The molecule has 5 heterocycles. The first-order valence-electron chi connectivity index (χ1n) is 11.7. The lowest BCUT2D eigenvalue weighted by Crippen LogP contribution is -2.53.